The van der Waals surface area contributed by atoms with Crippen LogP contribution in [0.3, 0.4) is 0 Å². The molecule has 6 heteroatoms. The highest BCUT2D eigenvalue weighted by atomic mass is 16.5. The Kier molecular flexibility index (Phi) is 7.15. The van der Waals surface area contributed by atoms with Gasteiger partial charge in [-0.15, -0.1) is 0 Å². The number of hydrogen-bond acceptors (Lipinski definition) is 6. The van der Waals surface area contributed by atoms with Gasteiger partial charge in [-0.2, -0.15) is 5.26 Å². The zero-order chi connectivity index (χ0) is 19.6. The molecule has 0 radical (unpaired) electrons. The Labute approximate surface area is 157 Å². The minimum Gasteiger partial charge on any atom is -0.497 e. The molecule has 0 aliphatic heterocycles. The standard InChI is InChI=1S/C21H19NO5/c1-3-26-20(23)10-7-15-5-4-6-16(11-15)12-21(24)27-19-13-18(25-2)9-8-17(19)14-22/h4-11,13H,3,12H2,1-2H3/b10-7+. The molecule has 0 bridgehead atoms. The lowest BCUT2D eigenvalue weighted by Gasteiger charge is -2.08. The zero-order valence-electron chi connectivity index (χ0n) is 15.1. The van der Waals surface area contributed by atoms with Crippen molar-refractivity contribution >= 4 is 18.0 Å². The topological polar surface area (TPSA) is 85.6 Å². The van der Waals surface area contributed by atoms with E-state index in [1.165, 1.54) is 25.3 Å². The number of rotatable bonds is 7. The van der Waals surface area contributed by atoms with Gasteiger partial charge in [0.25, 0.3) is 0 Å². The minimum atomic E-state index is -0.508. The highest BCUT2D eigenvalue weighted by Gasteiger charge is 2.12. The lowest BCUT2D eigenvalue weighted by Crippen LogP contribution is -2.12. The van der Waals surface area contributed by atoms with E-state index in [0.717, 1.165) is 5.56 Å². The monoisotopic (exact) mass is 365 g/mol. The second kappa shape index (κ2) is 9.78. The number of carbonyl (C=O) groups excluding carboxylic acids is 2. The van der Waals surface area contributed by atoms with E-state index in [4.69, 9.17) is 19.5 Å². The molecule has 0 atom stereocenters. The molecule has 0 unspecified atom stereocenters. The van der Waals surface area contributed by atoms with Gasteiger partial charge in [0.05, 0.1) is 25.7 Å². The van der Waals surface area contributed by atoms with Crippen LogP contribution in [-0.4, -0.2) is 25.7 Å². The van der Waals surface area contributed by atoms with Gasteiger partial charge in [-0.3, -0.25) is 4.79 Å². The average molecular weight is 365 g/mol. The molecule has 0 amide bonds. The number of methoxy groups -OCH3 is 1. The zero-order valence-corrected chi connectivity index (χ0v) is 15.1. The number of esters is 2. The maximum absolute atomic E-state index is 12.2. The number of ether oxygens (including phenoxy) is 3. The van der Waals surface area contributed by atoms with Crippen LogP contribution in [-0.2, 0) is 20.7 Å². The van der Waals surface area contributed by atoms with Crippen LogP contribution in [0, 0.1) is 11.3 Å². The summed E-state index contributed by atoms with van der Waals surface area (Å²) in [7, 11) is 1.49. The maximum Gasteiger partial charge on any atom is 0.330 e. The molecular weight excluding hydrogens is 346 g/mol. The normalized spacial score (nSPS) is 10.3. The predicted molar refractivity (Wildman–Crippen MR) is 99.2 cm³/mol. The van der Waals surface area contributed by atoms with Crippen molar-refractivity contribution in [2.75, 3.05) is 13.7 Å². The lowest BCUT2D eigenvalue weighted by molar-refractivity contribution is -0.137. The minimum absolute atomic E-state index is 0.0170. The third kappa shape index (κ3) is 6.01. The third-order valence-electron chi connectivity index (χ3n) is 3.53. The largest absolute Gasteiger partial charge is 0.497 e. The lowest BCUT2D eigenvalue weighted by atomic mass is 10.1. The molecule has 0 aromatic heterocycles. The van der Waals surface area contributed by atoms with Gasteiger partial charge in [0.2, 0.25) is 0 Å². The second-order valence-electron chi connectivity index (χ2n) is 5.46. The van der Waals surface area contributed by atoms with E-state index in [2.05, 4.69) is 0 Å². The molecule has 0 N–H and O–H groups in total. The fraction of sp³-hybridized carbons (Fsp3) is 0.190. The van der Waals surface area contributed by atoms with E-state index in [-0.39, 0.29) is 17.7 Å². The first kappa shape index (κ1) is 19.7. The van der Waals surface area contributed by atoms with E-state index < -0.39 is 11.9 Å². The van der Waals surface area contributed by atoms with Crippen LogP contribution in [0.15, 0.2) is 48.5 Å². The summed E-state index contributed by atoms with van der Waals surface area (Å²) >= 11 is 0. The van der Waals surface area contributed by atoms with Crippen molar-refractivity contribution in [3.05, 3.63) is 65.2 Å². The fourth-order valence-electron chi connectivity index (χ4n) is 2.29. The maximum atomic E-state index is 12.2. The summed E-state index contributed by atoms with van der Waals surface area (Å²) in [6.07, 6.45) is 2.96. The van der Waals surface area contributed by atoms with Gasteiger partial charge in [-0.1, -0.05) is 24.3 Å². The SMILES string of the molecule is CCOC(=O)/C=C/c1cccc(CC(=O)Oc2cc(OC)ccc2C#N)c1. The van der Waals surface area contributed by atoms with Gasteiger partial charge in [-0.05, 0) is 36.3 Å². The smallest absolute Gasteiger partial charge is 0.330 e. The van der Waals surface area contributed by atoms with Crippen LogP contribution in [0.25, 0.3) is 6.08 Å². The Hall–Kier alpha value is -3.59. The quantitative estimate of drug-likeness (QED) is 0.425. The molecule has 0 spiro atoms. The molecule has 0 saturated carbocycles. The van der Waals surface area contributed by atoms with Gasteiger partial charge in [0, 0.05) is 12.1 Å². The van der Waals surface area contributed by atoms with Crippen LogP contribution in [0.4, 0.5) is 0 Å². The van der Waals surface area contributed by atoms with Crippen LogP contribution >= 0.6 is 0 Å². The van der Waals surface area contributed by atoms with E-state index in [1.54, 1.807) is 43.3 Å². The Morgan fingerprint density at radius 1 is 1.19 bits per heavy atom. The highest BCUT2D eigenvalue weighted by molar-refractivity contribution is 5.87. The van der Waals surface area contributed by atoms with Crippen molar-refractivity contribution in [3.63, 3.8) is 0 Å². The first-order valence-electron chi connectivity index (χ1n) is 8.28. The summed E-state index contributed by atoms with van der Waals surface area (Å²) in [6.45, 7) is 2.04. The summed E-state index contributed by atoms with van der Waals surface area (Å²) in [6, 6.07) is 13.8. The molecule has 0 aliphatic rings. The summed E-state index contributed by atoms with van der Waals surface area (Å²) in [5.41, 5.74) is 1.72. The van der Waals surface area contributed by atoms with E-state index in [1.807, 2.05) is 6.07 Å². The van der Waals surface area contributed by atoms with Gasteiger partial charge in [0.1, 0.15) is 11.8 Å². The Bertz CT molecular complexity index is 896. The molecule has 27 heavy (non-hydrogen) atoms. The highest BCUT2D eigenvalue weighted by Crippen LogP contribution is 2.24. The number of nitrogens with zero attached hydrogens (tertiary/aromatic N) is 1. The molecule has 138 valence electrons. The first-order valence-corrected chi connectivity index (χ1v) is 8.28. The molecular formula is C21H19NO5. The Balaban J connectivity index is 2.07. The molecule has 2 rings (SSSR count). The van der Waals surface area contributed by atoms with Crippen LogP contribution in [0.5, 0.6) is 11.5 Å². The molecule has 0 heterocycles. The summed E-state index contributed by atoms with van der Waals surface area (Å²) in [5, 5.41) is 9.14. The van der Waals surface area contributed by atoms with Crippen LogP contribution < -0.4 is 9.47 Å². The number of benzene rings is 2. The number of hydrogen-bond donors (Lipinski definition) is 0. The third-order valence-corrected chi connectivity index (χ3v) is 3.53. The van der Waals surface area contributed by atoms with Crippen molar-refractivity contribution in [2.24, 2.45) is 0 Å². The fourth-order valence-corrected chi connectivity index (χ4v) is 2.29. The predicted octanol–water partition coefficient (Wildman–Crippen LogP) is 3.29. The van der Waals surface area contributed by atoms with Crippen molar-refractivity contribution in [2.45, 2.75) is 13.3 Å². The van der Waals surface area contributed by atoms with Gasteiger partial charge in [-0.25, -0.2) is 4.79 Å². The molecule has 6 nitrogen and oxygen atoms in total. The van der Waals surface area contributed by atoms with Crippen molar-refractivity contribution in [1.82, 2.24) is 0 Å². The Morgan fingerprint density at radius 3 is 2.70 bits per heavy atom. The number of nitriles is 1. The molecule has 0 fully saturated rings. The van der Waals surface area contributed by atoms with E-state index >= 15 is 0 Å². The van der Waals surface area contributed by atoms with Crippen molar-refractivity contribution in [1.29, 1.82) is 5.26 Å². The number of carbonyl (C=O) groups is 2. The summed E-state index contributed by atoms with van der Waals surface area (Å²) in [4.78, 5) is 23.6. The van der Waals surface area contributed by atoms with E-state index in [0.29, 0.717) is 17.9 Å². The Morgan fingerprint density at radius 2 is 2.00 bits per heavy atom. The van der Waals surface area contributed by atoms with Crippen molar-refractivity contribution < 1.29 is 23.8 Å². The first-order chi connectivity index (χ1) is 13.0. The van der Waals surface area contributed by atoms with Gasteiger partial charge in [0.15, 0.2) is 5.75 Å². The second-order valence-corrected chi connectivity index (χ2v) is 5.46. The van der Waals surface area contributed by atoms with Crippen LogP contribution in [0.1, 0.15) is 23.6 Å². The van der Waals surface area contributed by atoms with Crippen molar-refractivity contribution in [3.8, 4) is 17.6 Å². The summed E-state index contributed by atoms with van der Waals surface area (Å²) in [5.74, 6) is -0.293. The van der Waals surface area contributed by atoms with E-state index in [9.17, 15) is 9.59 Å². The summed E-state index contributed by atoms with van der Waals surface area (Å²) < 4.78 is 15.2. The molecule has 2 aromatic rings. The molecule has 2 aromatic carbocycles. The van der Waals surface area contributed by atoms with Crippen LogP contribution in [0.2, 0.25) is 0 Å². The van der Waals surface area contributed by atoms with Gasteiger partial charge < -0.3 is 14.2 Å². The van der Waals surface area contributed by atoms with Gasteiger partial charge >= 0.3 is 11.9 Å². The molecule has 0 aliphatic carbocycles. The molecule has 0 saturated heterocycles. The average Bonchev–Trinajstić information content (AvgIpc) is 2.66.